The van der Waals surface area contributed by atoms with Gasteiger partial charge < -0.3 is 20.1 Å². The average Bonchev–Trinajstić information content (AvgIpc) is 3.01. The first-order valence-corrected chi connectivity index (χ1v) is 15.8. The van der Waals surface area contributed by atoms with Crippen LogP contribution in [0.5, 0.6) is 0 Å². The van der Waals surface area contributed by atoms with Gasteiger partial charge in [-0.25, -0.2) is 9.59 Å². The van der Waals surface area contributed by atoms with E-state index in [9.17, 15) is 19.2 Å². The van der Waals surface area contributed by atoms with Crippen LogP contribution in [0, 0.1) is 5.92 Å². The summed E-state index contributed by atoms with van der Waals surface area (Å²) in [6.45, 7) is 9.20. The molecule has 0 spiro atoms. The van der Waals surface area contributed by atoms with Crippen molar-refractivity contribution in [3.8, 4) is 0 Å². The predicted octanol–water partition coefficient (Wildman–Crippen LogP) is 5.47. The van der Waals surface area contributed by atoms with E-state index >= 15 is 0 Å². The van der Waals surface area contributed by atoms with E-state index in [1.165, 1.54) is 4.90 Å². The summed E-state index contributed by atoms with van der Waals surface area (Å²) in [5.74, 6) is -1.51. The van der Waals surface area contributed by atoms with Crippen LogP contribution in [0.4, 0.5) is 4.79 Å². The van der Waals surface area contributed by atoms with Crippen LogP contribution >= 0.6 is 0 Å². The van der Waals surface area contributed by atoms with Crippen molar-refractivity contribution in [3.63, 3.8) is 0 Å². The standard InChI is InChI=1S/C37H47N3O6/c1-27(2)23-32(35(43)45-26-30-19-13-8-14-20-30)39-34(42)31(24-29-17-11-7-12-18-29)38-33(41)25-40(36(44)46-37(3,4)5)22-21-28-15-9-6-10-16-28/h6-20,27,31-32H,21-26H2,1-5H3,(H,38,41)(H,39,42)/t31?,32-/m1/s1. The van der Waals surface area contributed by atoms with Gasteiger partial charge in [0.2, 0.25) is 11.8 Å². The molecule has 0 heterocycles. The van der Waals surface area contributed by atoms with Crippen molar-refractivity contribution in [2.45, 2.75) is 78.2 Å². The number of esters is 1. The number of nitrogens with one attached hydrogen (secondary N) is 2. The Hall–Kier alpha value is -4.66. The molecule has 2 N–H and O–H groups in total. The summed E-state index contributed by atoms with van der Waals surface area (Å²) in [4.78, 5) is 54.8. The lowest BCUT2D eigenvalue weighted by molar-refractivity contribution is -0.149. The molecule has 1 unspecified atom stereocenters. The summed E-state index contributed by atoms with van der Waals surface area (Å²) in [6, 6.07) is 26.3. The van der Waals surface area contributed by atoms with Crippen LogP contribution in [-0.4, -0.2) is 59.6 Å². The molecular weight excluding hydrogens is 582 g/mol. The van der Waals surface area contributed by atoms with E-state index in [1.54, 1.807) is 20.8 Å². The molecular formula is C37H47N3O6. The second kappa shape index (κ2) is 17.7. The SMILES string of the molecule is CC(C)C[C@@H](NC(=O)C(Cc1ccccc1)NC(=O)CN(CCc1ccccc1)C(=O)OC(C)(C)C)C(=O)OCc1ccccc1. The normalized spacial score (nSPS) is 12.5. The zero-order chi connectivity index (χ0) is 33.5. The molecule has 9 nitrogen and oxygen atoms in total. The van der Waals surface area contributed by atoms with Crippen LogP contribution in [0.3, 0.4) is 0 Å². The third-order valence-electron chi connectivity index (χ3n) is 6.97. The van der Waals surface area contributed by atoms with Crippen molar-refractivity contribution < 1.29 is 28.7 Å². The van der Waals surface area contributed by atoms with Crippen LogP contribution in [-0.2, 0) is 43.3 Å². The molecule has 3 aromatic carbocycles. The molecule has 0 aromatic heterocycles. The first-order valence-electron chi connectivity index (χ1n) is 15.8. The highest BCUT2D eigenvalue weighted by Gasteiger charge is 2.30. The van der Waals surface area contributed by atoms with Gasteiger partial charge in [0.1, 0.15) is 30.8 Å². The summed E-state index contributed by atoms with van der Waals surface area (Å²) in [5.41, 5.74) is 1.91. The number of ether oxygens (including phenoxy) is 2. The van der Waals surface area contributed by atoms with Crippen LogP contribution < -0.4 is 10.6 Å². The first-order chi connectivity index (χ1) is 21.9. The highest BCUT2D eigenvalue weighted by Crippen LogP contribution is 2.13. The van der Waals surface area contributed by atoms with Crippen molar-refractivity contribution in [1.82, 2.24) is 15.5 Å². The zero-order valence-electron chi connectivity index (χ0n) is 27.5. The number of carbonyl (C=O) groups is 4. The van der Waals surface area contributed by atoms with E-state index in [0.717, 1.165) is 16.7 Å². The third-order valence-corrected chi connectivity index (χ3v) is 6.97. The minimum atomic E-state index is -1.01. The summed E-state index contributed by atoms with van der Waals surface area (Å²) >= 11 is 0. The van der Waals surface area contributed by atoms with Crippen molar-refractivity contribution in [3.05, 3.63) is 108 Å². The highest BCUT2D eigenvalue weighted by molar-refractivity contribution is 5.92. The van der Waals surface area contributed by atoms with Crippen molar-refractivity contribution >= 4 is 23.9 Å². The molecule has 0 fully saturated rings. The van der Waals surface area contributed by atoms with Gasteiger partial charge in [0.05, 0.1) is 0 Å². The second-order valence-electron chi connectivity index (χ2n) is 12.7. The fourth-order valence-corrected chi connectivity index (χ4v) is 4.73. The van der Waals surface area contributed by atoms with Gasteiger partial charge in [-0.3, -0.25) is 14.5 Å². The number of rotatable bonds is 15. The van der Waals surface area contributed by atoms with Crippen molar-refractivity contribution in [2.75, 3.05) is 13.1 Å². The maximum Gasteiger partial charge on any atom is 0.410 e. The van der Waals surface area contributed by atoms with E-state index < -0.39 is 41.6 Å². The van der Waals surface area contributed by atoms with Crippen molar-refractivity contribution in [2.24, 2.45) is 5.92 Å². The monoisotopic (exact) mass is 629 g/mol. The van der Waals surface area contributed by atoms with E-state index in [2.05, 4.69) is 10.6 Å². The van der Waals surface area contributed by atoms with Gasteiger partial charge >= 0.3 is 12.1 Å². The van der Waals surface area contributed by atoms with E-state index in [1.807, 2.05) is 105 Å². The maximum absolute atomic E-state index is 13.7. The minimum Gasteiger partial charge on any atom is -0.459 e. The number of amides is 3. The topological polar surface area (TPSA) is 114 Å². The highest BCUT2D eigenvalue weighted by atomic mass is 16.6. The Balaban J connectivity index is 1.75. The molecule has 3 amide bonds. The Morgan fingerprint density at radius 1 is 0.739 bits per heavy atom. The molecule has 9 heteroatoms. The fourth-order valence-electron chi connectivity index (χ4n) is 4.73. The molecule has 46 heavy (non-hydrogen) atoms. The Kier molecular flexibility index (Phi) is 13.8. The van der Waals surface area contributed by atoms with Gasteiger partial charge in [-0.15, -0.1) is 0 Å². The number of hydrogen-bond acceptors (Lipinski definition) is 6. The Morgan fingerprint density at radius 2 is 1.28 bits per heavy atom. The van der Waals surface area contributed by atoms with Gasteiger partial charge in [-0.2, -0.15) is 0 Å². The van der Waals surface area contributed by atoms with Crippen LogP contribution in [0.15, 0.2) is 91.0 Å². The Morgan fingerprint density at radius 3 is 1.83 bits per heavy atom. The van der Waals surface area contributed by atoms with Crippen LogP contribution in [0.25, 0.3) is 0 Å². The lowest BCUT2D eigenvalue weighted by Crippen LogP contribution is -2.55. The molecule has 3 aromatic rings. The molecule has 0 saturated carbocycles. The number of carbonyl (C=O) groups excluding carboxylic acids is 4. The van der Waals surface area contributed by atoms with E-state index in [0.29, 0.717) is 12.8 Å². The second-order valence-corrected chi connectivity index (χ2v) is 12.7. The van der Waals surface area contributed by atoms with Crippen molar-refractivity contribution in [1.29, 1.82) is 0 Å². The van der Waals surface area contributed by atoms with Crippen LogP contribution in [0.2, 0.25) is 0 Å². The molecule has 3 rings (SSSR count). The maximum atomic E-state index is 13.7. The molecule has 0 saturated heterocycles. The van der Waals surface area contributed by atoms with Gasteiger partial charge in [0.15, 0.2) is 0 Å². The predicted molar refractivity (Wildman–Crippen MR) is 178 cm³/mol. The van der Waals surface area contributed by atoms with E-state index in [-0.39, 0.29) is 32.0 Å². The van der Waals surface area contributed by atoms with Gasteiger partial charge in [-0.1, -0.05) is 105 Å². The molecule has 0 aliphatic rings. The Labute approximate surface area is 272 Å². The van der Waals surface area contributed by atoms with Gasteiger partial charge in [-0.05, 0) is 56.2 Å². The zero-order valence-corrected chi connectivity index (χ0v) is 27.5. The molecule has 0 bridgehead atoms. The van der Waals surface area contributed by atoms with E-state index in [4.69, 9.17) is 9.47 Å². The number of hydrogen-bond donors (Lipinski definition) is 2. The third kappa shape index (κ3) is 13.1. The molecule has 0 aliphatic carbocycles. The summed E-state index contributed by atoms with van der Waals surface area (Å²) < 4.78 is 11.1. The number of nitrogens with zero attached hydrogens (tertiary/aromatic N) is 1. The fraction of sp³-hybridized carbons (Fsp3) is 0.405. The molecule has 2 atom stereocenters. The lowest BCUT2D eigenvalue weighted by atomic mass is 10.0. The summed E-state index contributed by atoms with van der Waals surface area (Å²) in [5, 5.41) is 5.65. The molecule has 0 radical (unpaired) electrons. The quantitative estimate of drug-likeness (QED) is 0.216. The summed E-state index contributed by atoms with van der Waals surface area (Å²) in [6.07, 6.45) is 0.434. The smallest absolute Gasteiger partial charge is 0.410 e. The average molecular weight is 630 g/mol. The molecule has 246 valence electrons. The largest absolute Gasteiger partial charge is 0.459 e. The summed E-state index contributed by atoms with van der Waals surface area (Å²) in [7, 11) is 0. The number of benzene rings is 3. The minimum absolute atomic E-state index is 0.0812. The first kappa shape index (κ1) is 35.8. The van der Waals surface area contributed by atoms with Gasteiger partial charge in [0, 0.05) is 13.0 Å². The van der Waals surface area contributed by atoms with Gasteiger partial charge in [0.25, 0.3) is 0 Å². The van der Waals surface area contributed by atoms with Crippen LogP contribution in [0.1, 0.15) is 57.7 Å². The Bertz CT molecular complexity index is 1390. The molecule has 0 aliphatic heterocycles. The lowest BCUT2D eigenvalue weighted by Gasteiger charge is -2.28.